The van der Waals surface area contributed by atoms with E-state index in [1.54, 1.807) is 0 Å². The standard InChI is InChI=1S/C22H27NO3.ClH/c1-18-17-20(9-5-14-23-15-13-22(24)25)11-12-21(18)26-16-6-10-19-7-3-2-4-8-19;/h2-5,7-9,11-12,17,23H,6,10,13-16H2,1H3,(H,24,25);1H. The quantitative estimate of drug-likeness (QED) is 0.555. The third-order valence-corrected chi connectivity index (χ3v) is 4.00. The van der Waals surface area contributed by atoms with Crippen molar-refractivity contribution in [2.24, 2.45) is 0 Å². The Kier molecular flexibility index (Phi) is 10.9. The van der Waals surface area contributed by atoms with Gasteiger partial charge in [-0.3, -0.25) is 4.79 Å². The third kappa shape index (κ3) is 9.27. The minimum Gasteiger partial charge on any atom is -0.493 e. The van der Waals surface area contributed by atoms with Gasteiger partial charge in [-0.25, -0.2) is 0 Å². The number of benzene rings is 2. The summed E-state index contributed by atoms with van der Waals surface area (Å²) in [7, 11) is 0. The average molecular weight is 390 g/mol. The molecule has 0 aromatic heterocycles. The summed E-state index contributed by atoms with van der Waals surface area (Å²) in [5.41, 5.74) is 3.56. The van der Waals surface area contributed by atoms with Gasteiger partial charge in [0.2, 0.25) is 0 Å². The first-order chi connectivity index (χ1) is 12.6. The van der Waals surface area contributed by atoms with Crippen LogP contribution in [0.25, 0.3) is 6.08 Å². The van der Waals surface area contributed by atoms with Gasteiger partial charge < -0.3 is 15.2 Å². The van der Waals surface area contributed by atoms with E-state index in [4.69, 9.17) is 9.84 Å². The van der Waals surface area contributed by atoms with Crippen molar-refractivity contribution in [3.63, 3.8) is 0 Å². The van der Waals surface area contributed by atoms with Crippen LogP contribution >= 0.6 is 12.4 Å². The van der Waals surface area contributed by atoms with Crippen LogP contribution in [0.15, 0.2) is 54.6 Å². The summed E-state index contributed by atoms with van der Waals surface area (Å²) in [5, 5.41) is 11.6. The number of rotatable bonds is 11. The normalized spacial score (nSPS) is 10.6. The maximum absolute atomic E-state index is 10.4. The number of carboxylic acid groups (broad SMARTS) is 1. The third-order valence-electron chi connectivity index (χ3n) is 4.00. The number of hydrogen-bond acceptors (Lipinski definition) is 3. The molecule has 0 atom stereocenters. The highest BCUT2D eigenvalue weighted by molar-refractivity contribution is 5.85. The minimum absolute atomic E-state index is 0. The molecule has 2 rings (SSSR count). The summed E-state index contributed by atoms with van der Waals surface area (Å²) < 4.78 is 5.90. The molecule has 0 saturated carbocycles. The van der Waals surface area contributed by atoms with Crippen molar-refractivity contribution in [2.45, 2.75) is 26.2 Å². The molecular formula is C22H28ClNO3. The molecular weight excluding hydrogens is 362 g/mol. The summed E-state index contributed by atoms with van der Waals surface area (Å²) >= 11 is 0. The molecule has 5 heteroatoms. The van der Waals surface area contributed by atoms with Crippen molar-refractivity contribution in [1.29, 1.82) is 0 Å². The van der Waals surface area contributed by atoms with Crippen molar-refractivity contribution in [3.05, 3.63) is 71.3 Å². The van der Waals surface area contributed by atoms with Crippen molar-refractivity contribution in [1.82, 2.24) is 5.32 Å². The molecule has 2 aromatic carbocycles. The molecule has 2 aromatic rings. The van der Waals surface area contributed by atoms with Crippen LogP contribution in [0.2, 0.25) is 0 Å². The summed E-state index contributed by atoms with van der Waals surface area (Å²) in [6, 6.07) is 16.6. The number of carbonyl (C=O) groups is 1. The van der Waals surface area contributed by atoms with Crippen molar-refractivity contribution in [2.75, 3.05) is 19.7 Å². The molecule has 4 nitrogen and oxygen atoms in total. The second-order valence-corrected chi connectivity index (χ2v) is 6.21. The lowest BCUT2D eigenvalue weighted by Crippen LogP contribution is -2.17. The monoisotopic (exact) mass is 389 g/mol. The van der Waals surface area contributed by atoms with Crippen molar-refractivity contribution < 1.29 is 14.6 Å². The fourth-order valence-electron chi connectivity index (χ4n) is 2.62. The smallest absolute Gasteiger partial charge is 0.304 e. The van der Waals surface area contributed by atoms with Gasteiger partial charge in [-0.1, -0.05) is 48.6 Å². The molecule has 0 amide bonds. The highest BCUT2D eigenvalue weighted by Gasteiger charge is 2.01. The van der Waals surface area contributed by atoms with E-state index in [-0.39, 0.29) is 18.8 Å². The van der Waals surface area contributed by atoms with E-state index < -0.39 is 5.97 Å². The van der Waals surface area contributed by atoms with E-state index in [0.717, 1.165) is 29.7 Å². The van der Waals surface area contributed by atoms with Gasteiger partial charge in [-0.15, -0.1) is 12.4 Å². The Morgan fingerprint density at radius 1 is 1.19 bits per heavy atom. The Labute approximate surface area is 167 Å². The number of carboxylic acids is 1. The molecule has 0 aliphatic heterocycles. The number of hydrogen-bond donors (Lipinski definition) is 2. The van der Waals surface area contributed by atoms with Crippen LogP contribution in [0, 0.1) is 6.92 Å². The zero-order valence-electron chi connectivity index (χ0n) is 15.7. The van der Waals surface area contributed by atoms with Crippen LogP contribution in [0.5, 0.6) is 5.75 Å². The largest absolute Gasteiger partial charge is 0.493 e. The molecule has 146 valence electrons. The average Bonchev–Trinajstić information content (AvgIpc) is 2.63. The van der Waals surface area contributed by atoms with E-state index in [9.17, 15) is 4.79 Å². The Morgan fingerprint density at radius 3 is 2.67 bits per heavy atom. The van der Waals surface area contributed by atoms with Gasteiger partial charge in [0.1, 0.15) is 5.75 Å². The highest BCUT2D eigenvalue weighted by atomic mass is 35.5. The Balaban J connectivity index is 0.00000364. The zero-order valence-corrected chi connectivity index (χ0v) is 16.5. The van der Waals surface area contributed by atoms with E-state index in [1.165, 1.54) is 5.56 Å². The molecule has 27 heavy (non-hydrogen) atoms. The van der Waals surface area contributed by atoms with Crippen molar-refractivity contribution >= 4 is 24.5 Å². The van der Waals surface area contributed by atoms with Gasteiger partial charge >= 0.3 is 5.97 Å². The lowest BCUT2D eigenvalue weighted by molar-refractivity contribution is -0.136. The van der Waals surface area contributed by atoms with E-state index >= 15 is 0 Å². The summed E-state index contributed by atoms with van der Waals surface area (Å²) in [4.78, 5) is 10.4. The second-order valence-electron chi connectivity index (χ2n) is 6.21. The van der Waals surface area contributed by atoms with Gasteiger partial charge in [0.15, 0.2) is 0 Å². The number of nitrogens with one attached hydrogen (secondary N) is 1. The van der Waals surface area contributed by atoms with Gasteiger partial charge in [0.25, 0.3) is 0 Å². The molecule has 2 N–H and O–H groups in total. The van der Waals surface area contributed by atoms with Crippen LogP contribution in [0.4, 0.5) is 0 Å². The van der Waals surface area contributed by atoms with E-state index in [1.807, 2.05) is 30.4 Å². The molecule has 0 spiro atoms. The molecule has 0 heterocycles. The van der Waals surface area contributed by atoms with E-state index in [0.29, 0.717) is 19.7 Å². The Bertz CT molecular complexity index is 717. The minimum atomic E-state index is -0.781. The number of ether oxygens (including phenoxy) is 1. The van der Waals surface area contributed by atoms with Crippen LogP contribution in [-0.4, -0.2) is 30.8 Å². The second kappa shape index (κ2) is 13.0. The van der Waals surface area contributed by atoms with Crippen LogP contribution in [-0.2, 0) is 11.2 Å². The maximum Gasteiger partial charge on any atom is 0.304 e. The molecule has 0 radical (unpaired) electrons. The predicted octanol–water partition coefficient (Wildman–Crippen LogP) is 4.51. The number of aliphatic carboxylic acids is 1. The lowest BCUT2D eigenvalue weighted by Gasteiger charge is -2.10. The first kappa shape index (κ1) is 22.7. The molecule has 0 fully saturated rings. The van der Waals surface area contributed by atoms with Crippen LogP contribution < -0.4 is 10.1 Å². The number of aryl methyl sites for hydroxylation is 2. The molecule has 0 bridgehead atoms. The lowest BCUT2D eigenvalue weighted by atomic mass is 10.1. The summed E-state index contributed by atoms with van der Waals surface area (Å²) in [6.45, 7) is 3.89. The van der Waals surface area contributed by atoms with E-state index in [2.05, 4.69) is 42.6 Å². The van der Waals surface area contributed by atoms with Crippen LogP contribution in [0.1, 0.15) is 29.5 Å². The fourth-order valence-corrected chi connectivity index (χ4v) is 2.62. The SMILES string of the molecule is Cc1cc(C=CCNCCC(=O)O)ccc1OCCCc1ccccc1.Cl. The maximum atomic E-state index is 10.4. The Hall–Kier alpha value is -2.30. The summed E-state index contributed by atoms with van der Waals surface area (Å²) in [5.74, 6) is 0.145. The Morgan fingerprint density at radius 2 is 1.96 bits per heavy atom. The summed E-state index contributed by atoms with van der Waals surface area (Å²) in [6.07, 6.45) is 6.18. The molecule has 0 aliphatic rings. The van der Waals surface area contributed by atoms with Gasteiger partial charge in [-0.05, 0) is 48.6 Å². The molecule has 0 unspecified atom stereocenters. The first-order valence-electron chi connectivity index (χ1n) is 9.01. The van der Waals surface area contributed by atoms with Gasteiger partial charge in [0, 0.05) is 13.1 Å². The number of halogens is 1. The predicted molar refractivity (Wildman–Crippen MR) is 113 cm³/mol. The first-order valence-corrected chi connectivity index (χ1v) is 9.01. The topological polar surface area (TPSA) is 58.6 Å². The van der Waals surface area contributed by atoms with Crippen molar-refractivity contribution in [3.8, 4) is 5.75 Å². The van der Waals surface area contributed by atoms with Crippen LogP contribution in [0.3, 0.4) is 0 Å². The fraction of sp³-hybridized carbons (Fsp3) is 0.318. The van der Waals surface area contributed by atoms with Gasteiger partial charge in [0.05, 0.1) is 13.0 Å². The highest BCUT2D eigenvalue weighted by Crippen LogP contribution is 2.20. The zero-order chi connectivity index (χ0) is 18.6. The van der Waals surface area contributed by atoms with Gasteiger partial charge in [-0.2, -0.15) is 0 Å². The molecule has 0 saturated heterocycles. The molecule has 0 aliphatic carbocycles.